The molecule has 0 aliphatic heterocycles. The molecule has 0 bridgehead atoms. The lowest BCUT2D eigenvalue weighted by Gasteiger charge is -2.21. The van der Waals surface area contributed by atoms with E-state index in [1.807, 2.05) is 0 Å². The smallest absolute Gasteiger partial charge is 0.221 e. The molecule has 0 fully saturated rings. The van der Waals surface area contributed by atoms with Crippen LogP contribution in [0.5, 0.6) is 0 Å². The Bertz CT molecular complexity index is 452. The zero-order valence-electron chi connectivity index (χ0n) is 15.0. The van der Waals surface area contributed by atoms with Gasteiger partial charge in [0.05, 0.1) is 0 Å². The number of anilines is 1. The molecule has 0 saturated heterocycles. The van der Waals surface area contributed by atoms with Crippen LogP contribution in [0.4, 0.5) is 5.69 Å². The SMILES string of the molecule is CC(C)CNC(=O)CCNc1c(C(C)C)cccc1C(C)C. The predicted octanol–water partition coefficient (Wildman–Crippen LogP) is 4.51. The monoisotopic (exact) mass is 304 g/mol. The summed E-state index contributed by atoms with van der Waals surface area (Å²) in [5.41, 5.74) is 3.87. The molecule has 0 atom stereocenters. The van der Waals surface area contributed by atoms with Gasteiger partial charge in [-0.3, -0.25) is 4.79 Å². The fourth-order valence-electron chi connectivity index (χ4n) is 2.46. The zero-order valence-corrected chi connectivity index (χ0v) is 15.0. The third-order valence-corrected chi connectivity index (χ3v) is 3.73. The maximum absolute atomic E-state index is 11.8. The fraction of sp³-hybridized carbons (Fsp3) is 0.632. The number of carbonyl (C=O) groups excluding carboxylic acids is 1. The minimum absolute atomic E-state index is 0.120. The molecule has 1 rings (SSSR count). The van der Waals surface area contributed by atoms with Crippen LogP contribution in [-0.2, 0) is 4.79 Å². The lowest BCUT2D eigenvalue weighted by atomic mass is 9.92. The third kappa shape index (κ3) is 5.70. The molecule has 0 aromatic heterocycles. The number of benzene rings is 1. The highest BCUT2D eigenvalue weighted by atomic mass is 16.1. The van der Waals surface area contributed by atoms with Crippen molar-refractivity contribution < 1.29 is 4.79 Å². The maximum atomic E-state index is 11.8. The molecule has 0 spiro atoms. The summed E-state index contributed by atoms with van der Waals surface area (Å²) in [6, 6.07) is 6.49. The van der Waals surface area contributed by atoms with Crippen molar-refractivity contribution in [2.24, 2.45) is 5.92 Å². The zero-order chi connectivity index (χ0) is 16.7. The van der Waals surface area contributed by atoms with Crippen LogP contribution in [0.3, 0.4) is 0 Å². The Hall–Kier alpha value is -1.51. The van der Waals surface area contributed by atoms with Gasteiger partial charge in [-0.2, -0.15) is 0 Å². The molecule has 3 heteroatoms. The van der Waals surface area contributed by atoms with Crippen molar-refractivity contribution in [2.45, 2.75) is 59.8 Å². The molecule has 0 unspecified atom stereocenters. The van der Waals surface area contributed by atoms with Crippen LogP contribution in [0, 0.1) is 5.92 Å². The molecule has 1 amide bonds. The van der Waals surface area contributed by atoms with Crippen LogP contribution in [0.1, 0.15) is 70.9 Å². The topological polar surface area (TPSA) is 41.1 Å². The highest BCUT2D eigenvalue weighted by Crippen LogP contribution is 2.32. The van der Waals surface area contributed by atoms with Gasteiger partial charge in [0.1, 0.15) is 0 Å². The van der Waals surface area contributed by atoms with Gasteiger partial charge in [-0.15, -0.1) is 0 Å². The van der Waals surface area contributed by atoms with E-state index in [9.17, 15) is 4.79 Å². The van der Waals surface area contributed by atoms with E-state index < -0.39 is 0 Å². The number of amides is 1. The van der Waals surface area contributed by atoms with Crippen molar-refractivity contribution in [3.05, 3.63) is 29.3 Å². The van der Waals surface area contributed by atoms with E-state index in [0.717, 1.165) is 6.54 Å². The molecule has 0 aliphatic rings. The Morgan fingerprint density at radius 3 is 2.00 bits per heavy atom. The Kier molecular flexibility index (Phi) is 7.43. The summed E-state index contributed by atoms with van der Waals surface area (Å²) < 4.78 is 0. The second-order valence-electron chi connectivity index (χ2n) is 7.00. The average Bonchev–Trinajstić information content (AvgIpc) is 2.44. The summed E-state index contributed by atoms with van der Waals surface area (Å²) in [5, 5.41) is 6.47. The van der Waals surface area contributed by atoms with Gasteiger partial charge in [0, 0.05) is 25.2 Å². The lowest BCUT2D eigenvalue weighted by Crippen LogP contribution is -2.28. The molecular formula is C19H32N2O. The first-order valence-electron chi connectivity index (χ1n) is 8.46. The van der Waals surface area contributed by atoms with E-state index in [0.29, 0.717) is 30.7 Å². The molecule has 0 radical (unpaired) electrons. The van der Waals surface area contributed by atoms with Gasteiger partial charge >= 0.3 is 0 Å². The number of rotatable bonds is 8. The molecule has 22 heavy (non-hydrogen) atoms. The molecule has 0 saturated carbocycles. The highest BCUT2D eigenvalue weighted by molar-refractivity contribution is 5.76. The maximum Gasteiger partial charge on any atom is 0.221 e. The van der Waals surface area contributed by atoms with E-state index in [1.165, 1.54) is 16.8 Å². The third-order valence-electron chi connectivity index (χ3n) is 3.73. The fourth-order valence-corrected chi connectivity index (χ4v) is 2.46. The Labute approximate surface area is 135 Å². The molecule has 1 aromatic rings. The van der Waals surface area contributed by atoms with Gasteiger partial charge < -0.3 is 10.6 Å². The summed E-state index contributed by atoms with van der Waals surface area (Å²) in [5.74, 6) is 1.55. The first-order chi connectivity index (χ1) is 10.3. The average molecular weight is 304 g/mol. The van der Waals surface area contributed by atoms with Crippen molar-refractivity contribution in [3.63, 3.8) is 0 Å². The largest absolute Gasteiger partial charge is 0.384 e. The van der Waals surface area contributed by atoms with E-state index in [2.05, 4.69) is 70.4 Å². The van der Waals surface area contributed by atoms with E-state index in [-0.39, 0.29) is 5.91 Å². The minimum atomic E-state index is 0.120. The summed E-state index contributed by atoms with van der Waals surface area (Å²) in [6.45, 7) is 14.5. The van der Waals surface area contributed by atoms with Gasteiger partial charge in [0.25, 0.3) is 0 Å². The summed E-state index contributed by atoms with van der Waals surface area (Å²) in [4.78, 5) is 11.8. The summed E-state index contributed by atoms with van der Waals surface area (Å²) >= 11 is 0. The summed E-state index contributed by atoms with van der Waals surface area (Å²) in [7, 11) is 0. The number of nitrogens with one attached hydrogen (secondary N) is 2. The Balaban J connectivity index is 2.70. The van der Waals surface area contributed by atoms with Gasteiger partial charge in [0.15, 0.2) is 0 Å². The minimum Gasteiger partial charge on any atom is -0.384 e. The van der Waals surface area contributed by atoms with Crippen molar-refractivity contribution in [3.8, 4) is 0 Å². The second kappa shape index (κ2) is 8.82. The van der Waals surface area contributed by atoms with Crippen LogP contribution < -0.4 is 10.6 Å². The van der Waals surface area contributed by atoms with Crippen molar-refractivity contribution in [1.29, 1.82) is 0 Å². The number of para-hydroxylation sites is 1. The first kappa shape index (κ1) is 18.5. The number of hydrogen-bond donors (Lipinski definition) is 2. The van der Waals surface area contributed by atoms with Crippen molar-refractivity contribution in [2.75, 3.05) is 18.4 Å². The molecule has 124 valence electrons. The van der Waals surface area contributed by atoms with Crippen LogP contribution in [0.25, 0.3) is 0 Å². The Morgan fingerprint density at radius 2 is 1.55 bits per heavy atom. The molecule has 2 N–H and O–H groups in total. The molecule has 0 heterocycles. The molecular weight excluding hydrogens is 272 g/mol. The van der Waals surface area contributed by atoms with Crippen LogP contribution in [0.2, 0.25) is 0 Å². The molecule has 0 aliphatic carbocycles. The molecule has 1 aromatic carbocycles. The standard InChI is InChI=1S/C19H32N2O/c1-13(2)12-21-18(22)10-11-20-19-16(14(3)4)8-7-9-17(19)15(5)6/h7-9,13-15,20H,10-12H2,1-6H3,(H,21,22). The first-order valence-corrected chi connectivity index (χ1v) is 8.46. The van der Waals surface area contributed by atoms with E-state index in [4.69, 9.17) is 0 Å². The predicted molar refractivity (Wildman–Crippen MR) is 95.6 cm³/mol. The highest BCUT2D eigenvalue weighted by Gasteiger charge is 2.13. The number of carbonyl (C=O) groups is 1. The normalized spacial score (nSPS) is 11.3. The van der Waals surface area contributed by atoms with Gasteiger partial charge in [-0.25, -0.2) is 0 Å². The van der Waals surface area contributed by atoms with Crippen LogP contribution in [-0.4, -0.2) is 19.0 Å². The van der Waals surface area contributed by atoms with Crippen molar-refractivity contribution in [1.82, 2.24) is 5.32 Å². The van der Waals surface area contributed by atoms with Crippen molar-refractivity contribution >= 4 is 11.6 Å². The Morgan fingerprint density at radius 1 is 1.00 bits per heavy atom. The van der Waals surface area contributed by atoms with Crippen LogP contribution in [0.15, 0.2) is 18.2 Å². The van der Waals surface area contributed by atoms with E-state index >= 15 is 0 Å². The quantitative estimate of drug-likeness (QED) is 0.742. The van der Waals surface area contributed by atoms with Crippen LogP contribution >= 0.6 is 0 Å². The molecule has 3 nitrogen and oxygen atoms in total. The number of hydrogen-bond acceptors (Lipinski definition) is 2. The van der Waals surface area contributed by atoms with Gasteiger partial charge in [-0.05, 0) is 28.9 Å². The van der Waals surface area contributed by atoms with E-state index in [1.54, 1.807) is 0 Å². The second-order valence-corrected chi connectivity index (χ2v) is 7.00. The van der Waals surface area contributed by atoms with Gasteiger partial charge in [0.2, 0.25) is 5.91 Å². The summed E-state index contributed by atoms with van der Waals surface area (Å²) in [6.07, 6.45) is 0.511. The lowest BCUT2D eigenvalue weighted by molar-refractivity contribution is -0.120. The van der Waals surface area contributed by atoms with Gasteiger partial charge in [-0.1, -0.05) is 59.7 Å².